The molecular formula is C9H17N3O4S3. The minimum Gasteiger partial charge on any atom is -0.480 e. The van der Waals surface area contributed by atoms with Gasteiger partial charge < -0.3 is 21.5 Å². The molecule has 0 saturated heterocycles. The fraction of sp³-hybridized carbons (Fsp3) is 0.667. The number of aliphatic carboxylic acids is 1. The van der Waals surface area contributed by atoms with E-state index in [1.165, 1.54) is 0 Å². The molecule has 0 rings (SSSR count). The van der Waals surface area contributed by atoms with Gasteiger partial charge in [-0.15, -0.1) is 0 Å². The average molecular weight is 327 g/mol. The van der Waals surface area contributed by atoms with Gasteiger partial charge in [-0.1, -0.05) is 0 Å². The van der Waals surface area contributed by atoms with Gasteiger partial charge in [-0.05, 0) is 0 Å². The highest BCUT2D eigenvalue weighted by Crippen LogP contribution is 2.07. The summed E-state index contributed by atoms with van der Waals surface area (Å²) in [6, 6.07) is -2.29. The van der Waals surface area contributed by atoms with Crippen LogP contribution in [0.5, 0.6) is 0 Å². The van der Waals surface area contributed by atoms with Gasteiger partial charge in [-0.2, -0.15) is 37.9 Å². The number of carbonyl (C=O) groups is 3. The second-order valence-corrected chi connectivity index (χ2v) is 4.89. The third kappa shape index (κ3) is 6.41. The van der Waals surface area contributed by atoms with E-state index in [1.807, 2.05) is 0 Å². The molecule has 0 radical (unpaired) electrons. The highest BCUT2D eigenvalue weighted by Gasteiger charge is 2.34. The number of carboxylic acids is 1. The first-order valence-corrected chi connectivity index (χ1v) is 7.06. The van der Waals surface area contributed by atoms with Gasteiger partial charge >= 0.3 is 5.97 Å². The molecule has 0 aromatic carbocycles. The Morgan fingerprint density at radius 1 is 1.11 bits per heavy atom. The first kappa shape index (κ1) is 18.4. The van der Waals surface area contributed by atoms with Crippen molar-refractivity contribution in [1.82, 2.24) is 10.6 Å². The predicted molar refractivity (Wildman–Crippen MR) is 81.0 cm³/mol. The Morgan fingerprint density at radius 3 is 1.95 bits per heavy atom. The minimum atomic E-state index is -1.34. The van der Waals surface area contributed by atoms with Crippen molar-refractivity contribution in [3.63, 3.8) is 0 Å². The molecule has 3 unspecified atom stereocenters. The zero-order valence-corrected chi connectivity index (χ0v) is 12.6. The maximum absolute atomic E-state index is 11.3. The lowest BCUT2D eigenvalue weighted by Gasteiger charge is -2.29. The van der Waals surface area contributed by atoms with Crippen LogP contribution in [-0.4, -0.2) is 58.3 Å². The first-order valence-electron chi connectivity index (χ1n) is 5.28. The molecule has 2 amide bonds. The molecule has 5 N–H and O–H groups in total. The number of carbonyl (C=O) groups excluding carboxylic acids is 2. The molecule has 10 heteroatoms. The average Bonchev–Trinajstić information content (AvgIpc) is 2.40. The molecule has 19 heavy (non-hydrogen) atoms. The summed E-state index contributed by atoms with van der Waals surface area (Å²) in [7, 11) is 0. The van der Waals surface area contributed by atoms with Crippen molar-refractivity contribution in [1.29, 1.82) is 0 Å². The quantitative estimate of drug-likeness (QED) is 0.264. The zero-order valence-electron chi connectivity index (χ0n) is 9.94. The van der Waals surface area contributed by atoms with Crippen molar-refractivity contribution in [3.05, 3.63) is 0 Å². The molecule has 0 fully saturated rings. The second kappa shape index (κ2) is 9.34. The fourth-order valence-corrected chi connectivity index (χ4v) is 1.73. The van der Waals surface area contributed by atoms with E-state index in [2.05, 4.69) is 48.5 Å². The van der Waals surface area contributed by atoms with Crippen molar-refractivity contribution in [2.24, 2.45) is 5.73 Å². The molecule has 3 atom stereocenters. The van der Waals surface area contributed by atoms with Gasteiger partial charge in [-0.25, -0.2) is 4.79 Å². The van der Waals surface area contributed by atoms with Crippen molar-refractivity contribution in [2.45, 2.75) is 17.3 Å². The third-order valence-corrected chi connectivity index (χ3v) is 3.32. The summed E-state index contributed by atoms with van der Waals surface area (Å²) in [5, 5.41) is 13.2. The van der Waals surface area contributed by atoms with Gasteiger partial charge in [0.15, 0.2) is 0 Å². The standard InChI is InChI=1S/C9H17N3O4S3/c10-1-4(19)7(11-5(13)2-17)8(9(15)16)12-6(14)3-18/h4,7-8,17-19H,1-3,10H2,(H,11,13)(H,12,14)(H,15,16). The zero-order chi connectivity index (χ0) is 15.0. The lowest BCUT2D eigenvalue weighted by Crippen LogP contribution is -2.60. The van der Waals surface area contributed by atoms with E-state index >= 15 is 0 Å². The Balaban J connectivity index is 5.07. The van der Waals surface area contributed by atoms with Gasteiger partial charge in [-0.3, -0.25) is 9.59 Å². The molecule has 0 saturated carbocycles. The topological polar surface area (TPSA) is 122 Å². The monoisotopic (exact) mass is 327 g/mol. The van der Waals surface area contributed by atoms with Crippen molar-refractivity contribution < 1.29 is 19.5 Å². The Labute approximate surface area is 127 Å². The maximum Gasteiger partial charge on any atom is 0.328 e. The van der Waals surface area contributed by atoms with Gasteiger partial charge in [0.25, 0.3) is 0 Å². The number of hydrogen-bond acceptors (Lipinski definition) is 7. The second-order valence-electron chi connectivity index (χ2n) is 3.60. The van der Waals surface area contributed by atoms with Crippen LogP contribution in [0.4, 0.5) is 0 Å². The van der Waals surface area contributed by atoms with Crippen LogP contribution in [0.15, 0.2) is 0 Å². The Hall–Kier alpha value is -0.580. The molecule has 0 aromatic heterocycles. The largest absolute Gasteiger partial charge is 0.480 e. The number of nitrogens with two attached hydrogens (primary N) is 1. The van der Waals surface area contributed by atoms with Crippen molar-refractivity contribution in [2.75, 3.05) is 18.1 Å². The smallest absolute Gasteiger partial charge is 0.328 e. The van der Waals surface area contributed by atoms with E-state index in [4.69, 9.17) is 10.8 Å². The molecule has 7 nitrogen and oxygen atoms in total. The van der Waals surface area contributed by atoms with E-state index in [0.717, 1.165) is 0 Å². The summed E-state index contributed by atoms with van der Waals surface area (Å²) in [5.74, 6) is -2.64. The van der Waals surface area contributed by atoms with E-state index in [-0.39, 0.29) is 18.1 Å². The molecule has 0 spiro atoms. The van der Waals surface area contributed by atoms with Crippen LogP contribution in [-0.2, 0) is 14.4 Å². The molecule has 0 bridgehead atoms. The van der Waals surface area contributed by atoms with Gasteiger partial charge in [0.2, 0.25) is 11.8 Å². The molecule has 0 heterocycles. The lowest BCUT2D eigenvalue weighted by molar-refractivity contribution is -0.142. The highest BCUT2D eigenvalue weighted by atomic mass is 32.1. The number of hydrogen-bond donors (Lipinski definition) is 7. The van der Waals surface area contributed by atoms with Gasteiger partial charge in [0.05, 0.1) is 17.5 Å². The molecule has 110 valence electrons. The van der Waals surface area contributed by atoms with E-state index < -0.39 is 35.1 Å². The highest BCUT2D eigenvalue weighted by molar-refractivity contribution is 7.81. The maximum atomic E-state index is 11.3. The normalized spacial score (nSPS) is 15.2. The summed E-state index contributed by atoms with van der Waals surface area (Å²) in [5.41, 5.74) is 5.42. The van der Waals surface area contributed by atoms with Crippen LogP contribution < -0.4 is 16.4 Å². The van der Waals surface area contributed by atoms with Crippen LogP contribution >= 0.6 is 37.9 Å². The Morgan fingerprint density at radius 2 is 1.58 bits per heavy atom. The number of rotatable bonds is 8. The Bertz CT molecular complexity index is 343. The Kier molecular flexibility index (Phi) is 9.06. The summed E-state index contributed by atoms with van der Waals surface area (Å²) >= 11 is 11.6. The van der Waals surface area contributed by atoms with Crippen LogP contribution in [0.1, 0.15) is 0 Å². The fourth-order valence-electron chi connectivity index (χ4n) is 1.30. The van der Waals surface area contributed by atoms with Crippen LogP contribution in [0, 0.1) is 0 Å². The van der Waals surface area contributed by atoms with Crippen molar-refractivity contribution >= 4 is 55.7 Å². The van der Waals surface area contributed by atoms with E-state index in [9.17, 15) is 14.4 Å². The van der Waals surface area contributed by atoms with Gasteiger partial charge in [0.1, 0.15) is 6.04 Å². The van der Waals surface area contributed by atoms with Crippen LogP contribution in [0.2, 0.25) is 0 Å². The SMILES string of the molecule is NCC(S)C(NC(=O)CS)C(NC(=O)CS)C(=O)O. The van der Waals surface area contributed by atoms with Crippen LogP contribution in [0.25, 0.3) is 0 Å². The number of thiol groups is 3. The van der Waals surface area contributed by atoms with E-state index in [1.54, 1.807) is 0 Å². The number of amides is 2. The molecule has 0 aliphatic rings. The third-order valence-electron chi connectivity index (χ3n) is 2.21. The minimum absolute atomic E-state index is 0.0289. The summed E-state index contributed by atoms with van der Waals surface area (Å²) in [4.78, 5) is 33.8. The molecule has 0 aliphatic carbocycles. The molecule has 0 aliphatic heterocycles. The summed E-state index contributed by atoms with van der Waals surface area (Å²) in [6.07, 6.45) is 0. The number of carboxylic acid groups (broad SMARTS) is 1. The summed E-state index contributed by atoms with van der Waals surface area (Å²) in [6.45, 7) is 0.0289. The summed E-state index contributed by atoms with van der Waals surface area (Å²) < 4.78 is 0. The first-order chi connectivity index (χ1) is 8.87. The molecular weight excluding hydrogens is 310 g/mol. The predicted octanol–water partition coefficient (Wildman–Crippen LogP) is -1.84. The van der Waals surface area contributed by atoms with Gasteiger partial charge in [0, 0.05) is 11.8 Å². The van der Waals surface area contributed by atoms with E-state index in [0.29, 0.717) is 0 Å². The number of nitrogens with one attached hydrogen (secondary N) is 2. The van der Waals surface area contributed by atoms with Crippen LogP contribution in [0.3, 0.4) is 0 Å². The molecule has 0 aromatic rings. The lowest BCUT2D eigenvalue weighted by atomic mass is 10.0. The van der Waals surface area contributed by atoms with Crippen molar-refractivity contribution in [3.8, 4) is 0 Å².